The van der Waals surface area contributed by atoms with Gasteiger partial charge < -0.3 is 20.0 Å². The Morgan fingerprint density at radius 1 is 1.10 bits per heavy atom. The Hall–Kier alpha value is -3.46. The Kier molecular flexibility index (Phi) is 9.95. The molecule has 0 saturated carbocycles. The van der Waals surface area contributed by atoms with Gasteiger partial charge in [-0.05, 0) is 75.4 Å². The van der Waals surface area contributed by atoms with E-state index in [2.05, 4.69) is 14.6 Å². The third-order valence-corrected chi connectivity index (χ3v) is 8.08. The molecule has 2 aliphatic rings. The summed E-state index contributed by atoms with van der Waals surface area (Å²) in [6.07, 6.45) is 0.632. The number of carboxylic acids is 2. The number of aromatic nitrogens is 1. The lowest BCUT2D eigenvalue weighted by Gasteiger charge is -2.36. The number of nitrogens with zero attached hydrogens (tertiary/aromatic N) is 3. The van der Waals surface area contributed by atoms with E-state index in [0.29, 0.717) is 30.4 Å². The van der Waals surface area contributed by atoms with E-state index in [9.17, 15) is 35.9 Å². The van der Waals surface area contributed by atoms with Crippen LogP contribution in [0.3, 0.4) is 0 Å². The zero-order valence-corrected chi connectivity index (χ0v) is 22.4. The van der Waals surface area contributed by atoms with Gasteiger partial charge in [0, 0.05) is 25.8 Å². The monoisotopic (exact) mass is 590 g/mol. The summed E-state index contributed by atoms with van der Waals surface area (Å²) in [5.74, 6) is -3.81. The molecule has 220 valence electrons. The van der Waals surface area contributed by atoms with Crippen molar-refractivity contribution in [2.45, 2.75) is 43.7 Å². The van der Waals surface area contributed by atoms with Gasteiger partial charge in [-0.1, -0.05) is 6.07 Å². The highest BCUT2D eigenvalue weighted by atomic mass is 32.2. The molecule has 3 N–H and O–H groups in total. The van der Waals surface area contributed by atoms with Crippen molar-refractivity contribution in [3.8, 4) is 0 Å². The molecule has 0 amide bonds. The van der Waals surface area contributed by atoms with E-state index in [-0.39, 0.29) is 16.1 Å². The lowest BCUT2D eigenvalue weighted by Crippen LogP contribution is -2.41. The van der Waals surface area contributed by atoms with Gasteiger partial charge in [0.25, 0.3) is 10.0 Å². The van der Waals surface area contributed by atoms with Crippen molar-refractivity contribution in [1.82, 2.24) is 9.88 Å². The summed E-state index contributed by atoms with van der Waals surface area (Å²) in [5.41, 5.74) is 0.342. The Bertz CT molecular complexity index is 1330. The largest absolute Gasteiger partial charge is 0.490 e. The number of piperidine rings is 1. The molecule has 2 fully saturated rings. The number of hydrogen-bond donors (Lipinski definition) is 3. The van der Waals surface area contributed by atoms with Crippen LogP contribution in [0.25, 0.3) is 0 Å². The first-order valence-corrected chi connectivity index (χ1v) is 14.0. The van der Waals surface area contributed by atoms with Crippen LogP contribution in [-0.4, -0.2) is 79.4 Å². The van der Waals surface area contributed by atoms with Gasteiger partial charge in [0.2, 0.25) is 0 Å². The van der Waals surface area contributed by atoms with Crippen LogP contribution in [-0.2, 0) is 14.8 Å². The minimum absolute atomic E-state index is 0.0837. The second kappa shape index (κ2) is 12.8. The van der Waals surface area contributed by atoms with E-state index in [1.165, 1.54) is 37.2 Å². The molecule has 15 heteroatoms. The number of nitrogens with one attached hydrogen (secondary N) is 1. The van der Waals surface area contributed by atoms with Crippen molar-refractivity contribution >= 4 is 33.5 Å². The maximum absolute atomic E-state index is 13.8. The molecule has 1 aromatic heterocycles. The van der Waals surface area contributed by atoms with Gasteiger partial charge in [-0.15, -0.1) is 0 Å². The fraction of sp³-hybridized carbons (Fsp3) is 0.480. The minimum Gasteiger partial charge on any atom is -0.478 e. The summed E-state index contributed by atoms with van der Waals surface area (Å²) in [5, 5.41) is 16.5. The summed E-state index contributed by atoms with van der Waals surface area (Å²) >= 11 is 0. The quantitative estimate of drug-likeness (QED) is 0.409. The zero-order valence-electron chi connectivity index (χ0n) is 21.6. The number of alkyl halides is 3. The van der Waals surface area contributed by atoms with Gasteiger partial charge in [-0.3, -0.25) is 4.72 Å². The van der Waals surface area contributed by atoms with Crippen LogP contribution in [0.15, 0.2) is 35.4 Å². The van der Waals surface area contributed by atoms with Gasteiger partial charge in [0.1, 0.15) is 5.82 Å². The highest BCUT2D eigenvalue weighted by molar-refractivity contribution is 7.92. The van der Waals surface area contributed by atoms with Crippen LogP contribution < -0.4 is 9.62 Å². The molecule has 1 unspecified atom stereocenters. The highest BCUT2D eigenvalue weighted by Gasteiger charge is 2.38. The number of hydrogen-bond acceptors (Lipinski definition) is 7. The molecule has 40 heavy (non-hydrogen) atoms. The minimum atomic E-state index is -5.08. The fourth-order valence-corrected chi connectivity index (χ4v) is 6.01. The molecular weight excluding hydrogens is 560 g/mol. The zero-order chi connectivity index (χ0) is 29.7. The summed E-state index contributed by atoms with van der Waals surface area (Å²) in [6, 6.07) is 4.82. The lowest BCUT2D eigenvalue weighted by molar-refractivity contribution is -0.192. The number of carboxylic acid groups (broad SMARTS) is 2. The van der Waals surface area contributed by atoms with Crippen LogP contribution >= 0.6 is 0 Å². The number of carbonyl (C=O) groups is 2. The first-order valence-electron chi connectivity index (χ1n) is 12.5. The van der Waals surface area contributed by atoms with E-state index < -0.39 is 34.0 Å². The molecule has 2 aliphatic heterocycles. The van der Waals surface area contributed by atoms with Crippen LogP contribution in [0.2, 0.25) is 0 Å². The molecule has 0 aliphatic carbocycles. The first kappa shape index (κ1) is 31.1. The van der Waals surface area contributed by atoms with Crippen molar-refractivity contribution in [1.29, 1.82) is 0 Å². The third kappa shape index (κ3) is 8.27. The van der Waals surface area contributed by atoms with Crippen molar-refractivity contribution in [2.75, 3.05) is 42.3 Å². The maximum Gasteiger partial charge on any atom is 0.490 e. The lowest BCUT2D eigenvalue weighted by atomic mass is 9.97. The number of rotatable bonds is 7. The Morgan fingerprint density at radius 3 is 2.35 bits per heavy atom. The summed E-state index contributed by atoms with van der Waals surface area (Å²) < 4.78 is 74.2. The molecule has 3 heterocycles. The standard InChI is InChI=1S/C23H29FN4O4S.C2HF3O2/c1-16-6-7-19(24)12-21(16)33(31,32)26-20-11-18(23(29)30)13-25-22(20)28-10-4-5-17(15-28)14-27-8-2-3-9-27;3-2(4,5)1(6)7/h6-7,11-13,17,26H,2-5,8-10,14-15H2,1H3,(H,29,30);(H,6,7). The molecule has 1 atom stereocenters. The van der Waals surface area contributed by atoms with E-state index in [1.807, 2.05) is 4.90 Å². The van der Waals surface area contributed by atoms with Gasteiger partial charge >= 0.3 is 18.1 Å². The number of halogens is 4. The van der Waals surface area contributed by atoms with E-state index >= 15 is 0 Å². The third-order valence-electron chi connectivity index (χ3n) is 6.57. The summed E-state index contributed by atoms with van der Waals surface area (Å²) in [6.45, 7) is 6.20. The van der Waals surface area contributed by atoms with E-state index in [1.54, 1.807) is 6.92 Å². The SMILES string of the molecule is Cc1ccc(F)cc1S(=O)(=O)Nc1cc(C(=O)O)cnc1N1CCCC(CN2CCCC2)C1.O=C(O)C(F)(F)F. The molecule has 4 rings (SSSR count). The van der Waals surface area contributed by atoms with Crippen molar-refractivity contribution < 1.29 is 45.8 Å². The van der Waals surface area contributed by atoms with E-state index in [0.717, 1.165) is 38.5 Å². The van der Waals surface area contributed by atoms with Gasteiger partial charge in [-0.2, -0.15) is 13.2 Å². The molecule has 0 bridgehead atoms. The normalized spacial score (nSPS) is 18.1. The predicted molar refractivity (Wildman–Crippen MR) is 137 cm³/mol. The molecule has 0 spiro atoms. The maximum atomic E-state index is 13.8. The second-order valence-corrected chi connectivity index (χ2v) is 11.3. The van der Waals surface area contributed by atoms with Gasteiger partial charge in [0.15, 0.2) is 5.82 Å². The fourth-order valence-electron chi connectivity index (χ4n) is 4.70. The number of anilines is 2. The number of aromatic carboxylic acids is 1. The summed E-state index contributed by atoms with van der Waals surface area (Å²) in [7, 11) is -4.16. The second-order valence-electron chi connectivity index (χ2n) is 9.68. The molecule has 1 aromatic carbocycles. The van der Waals surface area contributed by atoms with Gasteiger partial charge in [0.05, 0.1) is 16.1 Å². The molecule has 2 saturated heterocycles. The van der Waals surface area contributed by atoms with Crippen molar-refractivity contribution in [3.05, 3.63) is 47.4 Å². The topological polar surface area (TPSA) is 140 Å². The van der Waals surface area contributed by atoms with E-state index in [4.69, 9.17) is 9.90 Å². The average molecular weight is 591 g/mol. The predicted octanol–water partition coefficient (Wildman–Crippen LogP) is 3.97. The Labute approximate surface area is 228 Å². The van der Waals surface area contributed by atoms with Gasteiger partial charge in [-0.25, -0.2) is 27.4 Å². The number of pyridine rings is 1. The average Bonchev–Trinajstić information content (AvgIpc) is 3.38. The number of benzene rings is 1. The van der Waals surface area contributed by atoms with Crippen molar-refractivity contribution in [2.24, 2.45) is 5.92 Å². The Balaban J connectivity index is 0.000000559. The van der Waals surface area contributed by atoms with Crippen molar-refractivity contribution in [3.63, 3.8) is 0 Å². The number of likely N-dealkylation sites (tertiary alicyclic amines) is 1. The van der Waals surface area contributed by atoms with Crippen LogP contribution in [0.5, 0.6) is 0 Å². The van der Waals surface area contributed by atoms with Crippen LogP contribution in [0.4, 0.5) is 29.1 Å². The first-order chi connectivity index (χ1) is 18.7. The Morgan fingerprint density at radius 2 is 1.75 bits per heavy atom. The molecular formula is C25H30F4N4O6S. The molecule has 0 radical (unpaired) electrons. The number of aryl methyl sites for hydroxylation is 1. The number of sulfonamides is 1. The van der Waals surface area contributed by atoms with Crippen LogP contribution in [0.1, 0.15) is 41.6 Å². The smallest absolute Gasteiger partial charge is 0.478 e. The molecule has 2 aromatic rings. The highest BCUT2D eigenvalue weighted by Crippen LogP contribution is 2.32. The summed E-state index contributed by atoms with van der Waals surface area (Å²) in [4.78, 5) is 29.1. The number of aliphatic carboxylic acids is 1. The van der Waals surface area contributed by atoms with Crippen LogP contribution in [0, 0.1) is 18.7 Å². The molecule has 10 nitrogen and oxygen atoms in total.